The summed E-state index contributed by atoms with van der Waals surface area (Å²) in [6.45, 7) is 0.301. The van der Waals surface area contributed by atoms with E-state index < -0.39 is 12.0 Å². The van der Waals surface area contributed by atoms with E-state index in [1.165, 1.54) is 17.0 Å². The zero-order valence-corrected chi connectivity index (χ0v) is 13.1. The third-order valence-electron chi connectivity index (χ3n) is 4.37. The van der Waals surface area contributed by atoms with Crippen molar-refractivity contribution in [2.45, 2.75) is 31.8 Å². The molecule has 124 valence electrons. The zero-order chi connectivity index (χ0) is 17.1. The normalized spacial score (nSPS) is 16.5. The lowest BCUT2D eigenvalue weighted by molar-refractivity contribution is -0.151. The number of benzene rings is 2. The molecular formula is C19H18FNO3. The summed E-state index contributed by atoms with van der Waals surface area (Å²) >= 11 is 0. The zero-order valence-electron chi connectivity index (χ0n) is 13.1. The van der Waals surface area contributed by atoms with Gasteiger partial charge in [0.1, 0.15) is 11.9 Å². The van der Waals surface area contributed by atoms with Crippen molar-refractivity contribution in [3.63, 3.8) is 0 Å². The van der Waals surface area contributed by atoms with Gasteiger partial charge in [-0.3, -0.25) is 4.79 Å². The summed E-state index contributed by atoms with van der Waals surface area (Å²) in [5.41, 5.74) is 2.68. The Morgan fingerprint density at radius 2 is 1.88 bits per heavy atom. The molecule has 5 heteroatoms. The van der Waals surface area contributed by atoms with Crippen LogP contribution in [0.15, 0.2) is 48.5 Å². The van der Waals surface area contributed by atoms with E-state index >= 15 is 0 Å². The first-order valence-electron chi connectivity index (χ1n) is 7.88. The van der Waals surface area contributed by atoms with E-state index in [9.17, 15) is 19.1 Å². The van der Waals surface area contributed by atoms with Gasteiger partial charge in [-0.2, -0.15) is 0 Å². The summed E-state index contributed by atoms with van der Waals surface area (Å²) in [5, 5.41) is 9.46. The summed E-state index contributed by atoms with van der Waals surface area (Å²) in [6, 6.07) is 12.8. The van der Waals surface area contributed by atoms with E-state index in [1.807, 2.05) is 24.3 Å². The molecule has 1 atom stereocenters. The van der Waals surface area contributed by atoms with Crippen LogP contribution in [0.4, 0.5) is 4.39 Å². The summed E-state index contributed by atoms with van der Waals surface area (Å²) < 4.78 is 13.2. The van der Waals surface area contributed by atoms with Crippen molar-refractivity contribution >= 4 is 11.9 Å². The molecule has 4 nitrogen and oxygen atoms in total. The first-order valence-corrected chi connectivity index (χ1v) is 7.88. The van der Waals surface area contributed by atoms with Crippen molar-refractivity contribution in [1.29, 1.82) is 0 Å². The number of aryl methyl sites for hydroxylation is 1. The Balaban J connectivity index is 1.73. The number of carbonyl (C=O) groups is 2. The maximum absolute atomic E-state index is 13.2. The number of amides is 1. The molecule has 1 aliphatic heterocycles. The molecule has 1 heterocycles. The lowest BCUT2D eigenvalue weighted by atomic mass is 9.93. The third kappa shape index (κ3) is 3.45. The smallest absolute Gasteiger partial charge is 0.326 e. The van der Waals surface area contributed by atoms with E-state index in [4.69, 9.17) is 0 Å². The average molecular weight is 327 g/mol. The molecule has 0 spiro atoms. The number of hydrogen-bond donors (Lipinski definition) is 1. The van der Waals surface area contributed by atoms with Gasteiger partial charge in [0.2, 0.25) is 5.91 Å². The van der Waals surface area contributed by atoms with Crippen molar-refractivity contribution in [3.8, 4) is 0 Å². The van der Waals surface area contributed by atoms with Crippen molar-refractivity contribution < 1.29 is 19.1 Å². The average Bonchev–Trinajstić information content (AvgIpc) is 2.58. The van der Waals surface area contributed by atoms with Gasteiger partial charge in [0.25, 0.3) is 0 Å². The predicted molar refractivity (Wildman–Crippen MR) is 86.8 cm³/mol. The molecule has 0 bridgehead atoms. The Kier molecular flexibility index (Phi) is 4.60. The van der Waals surface area contributed by atoms with E-state index in [2.05, 4.69) is 0 Å². The van der Waals surface area contributed by atoms with Crippen LogP contribution in [0.3, 0.4) is 0 Å². The fourth-order valence-corrected chi connectivity index (χ4v) is 3.09. The quantitative estimate of drug-likeness (QED) is 0.939. The molecule has 3 rings (SSSR count). The van der Waals surface area contributed by atoms with Gasteiger partial charge in [-0.15, -0.1) is 0 Å². The number of fused-ring (bicyclic) bond motifs is 1. The van der Waals surface area contributed by atoms with E-state index in [1.54, 1.807) is 12.1 Å². The topological polar surface area (TPSA) is 57.6 Å². The van der Waals surface area contributed by atoms with Crippen molar-refractivity contribution in [1.82, 2.24) is 4.90 Å². The molecule has 2 aromatic rings. The summed E-state index contributed by atoms with van der Waals surface area (Å²) in [6.07, 6.45) is 0.869. The van der Waals surface area contributed by atoms with Crippen LogP contribution < -0.4 is 0 Å². The van der Waals surface area contributed by atoms with Crippen LogP contribution in [-0.2, 0) is 29.0 Å². The number of carbonyl (C=O) groups excluding carboxylic acids is 1. The highest BCUT2D eigenvalue weighted by atomic mass is 19.1. The largest absolute Gasteiger partial charge is 0.480 e. The van der Waals surface area contributed by atoms with Gasteiger partial charge in [-0.25, -0.2) is 9.18 Å². The molecule has 1 N–H and O–H groups in total. The van der Waals surface area contributed by atoms with Crippen LogP contribution in [0.2, 0.25) is 0 Å². The summed E-state index contributed by atoms with van der Waals surface area (Å²) in [4.78, 5) is 25.5. The lowest BCUT2D eigenvalue weighted by Crippen LogP contribution is -2.48. The molecular weight excluding hydrogens is 309 g/mol. The van der Waals surface area contributed by atoms with Gasteiger partial charge >= 0.3 is 5.97 Å². The Bertz CT molecular complexity index is 775. The number of halogens is 1. The van der Waals surface area contributed by atoms with Gasteiger partial charge in [0, 0.05) is 19.4 Å². The number of carboxylic acid groups (broad SMARTS) is 1. The van der Waals surface area contributed by atoms with E-state index in [0.717, 1.165) is 16.7 Å². The molecule has 0 aliphatic carbocycles. The molecule has 1 unspecified atom stereocenters. The molecule has 0 saturated heterocycles. The molecule has 1 aliphatic rings. The Morgan fingerprint density at radius 1 is 1.12 bits per heavy atom. The first-order chi connectivity index (χ1) is 11.5. The number of nitrogens with zero attached hydrogens (tertiary/aromatic N) is 1. The van der Waals surface area contributed by atoms with Crippen LogP contribution in [0, 0.1) is 5.82 Å². The number of carboxylic acids is 1. The molecule has 0 aromatic heterocycles. The van der Waals surface area contributed by atoms with Crippen LogP contribution in [0.1, 0.15) is 23.1 Å². The molecule has 0 saturated carbocycles. The van der Waals surface area contributed by atoms with Gasteiger partial charge in [-0.05, 0) is 35.2 Å². The minimum atomic E-state index is -0.997. The number of hydrogen-bond acceptors (Lipinski definition) is 2. The Morgan fingerprint density at radius 3 is 2.58 bits per heavy atom. The molecule has 24 heavy (non-hydrogen) atoms. The standard InChI is InChI=1S/C19H18FNO3/c20-16-7-3-4-13(10-16)8-9-18(22)21-12-15-6-2-1-5-14(15)11-17(21)19(23)24/h1-7,10,17H,8-9,11-12H2,(H,23,24). The molecule has 0 fully saturated rings. The van der Waals surface area contributed by atoms with Gasteiger partial charge in [-0.1, -0.05) is 36.4 Å². The van der Waals surface area contributed by atoms with Crippen LogP contribution in [-0.4, -0.2) is 27.9 Å². The maximum Gasteiger partial charge on any atom is 0.326 e. The number of rotatable bonds is 4. The predicted octanol–water partition coefficient (Wildman–Crippen LogP) is 2.80. The Hall–Kier alpha value is -2.69. The van der Waals surface area contributed by atoms with Crippen molar-refractivity contribution in [2.24, 2.45) is 0 Å². The molecule has 1 amide bonds. The van der Waals surface area contributed by atoms with Crippen LogP contribution in [0.5, 0.6) is 0 Å². The lowest BCUT2D eigenvalue weighted by Gasteiger charge is -2.34. The first kappa shape index (κ1) is 16.2. The second-order valence-electron chi connectivity index (χ2n) is 5.98. The SMILES string of the molecule is O=C(O)C1Cc2ccccc2CN1C(=O)CCc1cccc(F)c1. The number of aliphatic carboxylic acids is 1. The highest BCUT2D eigenvalue weighted by Gasteiger charge is 2.34. The third-order valence-corrected chi connectivity index (χ3v) is 4.37. The monoisotopic (exact) mass is 327 g/mol. The van der Waals surface area contributed by atoms with Crippen molar-refractivity contribution in [3.05, 3.63) is 71.0 Å². The van der Waals surface area contributed by atoms with Crippen LogP contribution in [0.25, 0.3) is 0 Å². The van der Waals surface area contributed by atoms with Gasteiger partial charge in [0.15, 0.2) is 0 Å². The summed E-state index contributed by atoms with van der Waals surface area (Å²) in [7, 11) is 0. The Labute approximate surface area is 139 Å². The fourth-order valence-electron chi connectivity index (χ4n) is 3.09. The molecule has 2 aromatic carbocycles. The van der Waals surface area contributed by atoms with Gasteiger partial charge in [0.05, 0.1) is 0 Å². The second-order valence-corrected chi connectivity index (χ2v) is 5.98. The minimum absolute atomic E-state index is 0.162. The van der Waals surface area contributed by atoms with E-state index in [-0.39, 0.29) is 18.1 Å². The fraction of sp³-hybridized carbons (Fsp3) is 0.263. The highest BCUT2D eigenvalue weighted by Crippen LogP contribution is 2.24. The van der Waals surface area contributed by atoms with Crippen molar-refractivity contribution in [2.75, 3.05) is 0 Å². The van der Waals surface area contributed by atoms with Crippen LogP contribution >= 0.6 is 0 Å². The second kappa shape index (κ2) is 6.83. The maximum atomic E-state index is 13.2. The van der Waals surface area contributed by atoms with Gasteiger partial charge < -0.3 is 10.0 Å². The minimum Gasteiger partial charge on any atom is -0.480 e. The molecule has 0 radical (unpaired) electrons. The van der Waals surface area contributed by atoms with E-state index in [0.29, 0.717) is 19.4 Å². The summed E-state index contributed by atoms with van der Waals surface area (Å²) in [5.74, 6) is -1.56. The highest BCUT2D eigenvalue weighted by molar-refractivity contribution is 5.84.